The van der Waals surface area contributed by atoms with Crippen LogP contribution in [0, 0.1) is 5.92 Å². The van der Waals surface area contributed by atoms with Crippen LogP contribution in [0.1, 0.15) is 13.3 Å². The first kappa shape index (κ1) is 18.1. The molecule has 5 nitrogen and oxygen atoms in total. The van der Waals surface area contributed by atoms with E-state index in [1.54, 1.807) is 0 Å². The van der Waals surface area contributed by atoms with Crippen molar-refractivity contribution in [2.45, 2.75) is 19.5 Å². The lowest BCUT2D eigenvalue weighted by molar-refractivity contribution is -0.153. The Labute approximate surface area is 126 Å². The number of aliphatic hydroxyl groups is 1. The monoisotopic (exact) mass is 320 g/mol. The van der Waals surface area contributed by atoms with Crippen molar-refractivity contribution < 1.29 is 27.8 Å². The van der Waals surface area contributed by atoms with Gasteiger partial charge in [0.15, 0.2) is 6.61 Å². The molecule has 0 aliphatic rings. The average molecular weight is 320 g/mol. The van der Waals surface area contributed by atoms with Gasteiger partial charge < -0.3 is 20.5 Å². The predicted octanol–water partition coefficient (Wildman–Crippen LogP) is 2.77. The lowest BCUT2D eigenvalue weighted by Crippen LogP contribution is -2.32. The minimum absolute atomic E-state index is 0.0594. The number of hydrogen-bond acceptors (Lipinski definition) is 3. The van der Waals surface area contributed by atoms with Crippen molar-refractivity contribution in [1.82, 2.24) is 5.32 Å². The quantitative estimate of drug-likeness (QED) is 0.723. The van der Waals surface area contributed by atoms with Gasteiger partial charge in [-0.3, -0.25) is 0 Å². The van der Waals surface area contributed by atoms with E-state index in [0.29, 0.717) is 18.7 Å². The van der Waals surface area contributed by atoms with Gasteiger partial charge in [-0.25, -0.2) is 4.79 Å². The van der Waals surface area contributed by atoms with Crippen molar-refractivity contribution in [3.05, 3.63) is 24.3 Å². The second-order valence-electron chi connectivity index (χ2n) is 4.88. The lowest BCUT2D eigenvalue weighted by Gasteiger charge is -2.12. The van der Waals surface area contributed by atoms with E-state index in [9.17, 15) is 18.0 Å². The van der Waals surface area contributed by atoms with Gasteiger partial charge in [-0.15, -0.1) is 0 Å². The third-order valence-corrected chi connectivity index (χ3v) is 2.75. The summed E-state index contributed by atoms with van der Waals surface area (Å²) in [5.41, 5.74) is 0.437. The van der Waals surface area contributed by atoms with Crippen LogP contribution in [0.15, 0.2) is 24.3 Å². The van der Waals surface area contributed by atoms with Crippen molar-refractivity contribution in [2.24, 2.45) is 5.92 Å². The molecular weight excluding hydrogens is 301 g/mol. The highest BCUT2D eigenvalue weighted by molar-refractivity contribution is 5.89. The van der Waals surface area contributed by atoms with Gasteiger partial charge >= 0.3 is 12.2 Å². The Balaban J connectivity index is 2.38. The van der Waals surface area contributed by atoms with Crippen LogP contribution in [0.25, 0.3) is 0 Å². The largest absolute Gasteiger partial charge is 0.484 e. The molecule has 0 heterocycles. The average Bonchev–Trinajstić information content (AvgIpc) is 2.44. The van der Waals surface area contributed by atoms with E-state index in [-0.39, 0.29) is 18.3 Å². The van der Waals surface area contributed by atoms with Crippen molar-refractivity contribution in [2.75, 3.05) is 25.1 Å². The summed E-state index contributed by atoms with van der Waals surface area (Å²) >= 11 is 0. The number of urea groups is 1. The Morgan fingerprint density at radius 1 is 1.32 bits per heavy atom. The number of amides is 2. The summed E-state index contributed by atoms with van der Waals surface area (Å²) in [7, 11) is 0. The van der Waals surface area contributed by atoms with Gasteiger partial charge in [0, 0.05) is 18.8 Å². The highest BCUT2D eigenvalue weighted by atomic mass is 19.4. The number of nitrogens with one attached hydrogen (secondary N) is 2. The number of alkyl halides is 3. The molecule has 0 spiro atoms. The van der Waals surface area contributed by atoms with Crippen molar-refractivity contribution in [1.29, 1.82) is 0 Å². The zero-order valence-corrected chi connectivity index (χ0v) is 12.1. The SMILES string of the molecule is CC(CCO)CNC(=O)Nc1ccc(OCC(F)(F)F)cc1. The van der Waals surface area contributed by atoms with Crippen LogP contribution in [0.5, 0.6) is 5.75 Å². The number of aliphatic hydroxyl groups excluding tert-OH is 1. The molecule has 0 bridgehead atoms. The number of benzene rings is 1. The third kappa shape index (κ3) is 7.72. The molecule has 1 rings (SSSR count). The Morgan fingerprint density at radius 3 is 2.50 bits per heavy atom. The second kappa shape index (κ2) is 8.47. The highest BCUT2D eigenvalue weighted by Gasteiger charge is 2.28. The maximum Gasteiger partial charge on any atom is 0.422 e. The third-order valence-electron chi connectivity index (χ3n) is 2.75. The standard InChI is InChI=1S/C14H19F3N2O3/c1-10(6-7-20)8-18-13(21)19-11-2-4-12(5-3-11)22-9-14(15,16)17/h2-5,10,20H,6-9H2,1H3,(H2,18,19,21). The normalized spacial score (nSPS) is 12.6. The molecule has 0 saturated heterocycles. The molecule has 1 atom stereocenters. The van der Waals surface area contributed by atoms with E-state index < -0.39 is 18.8 Å². The van der Waals surface area contributed by atoms with Crippen LogP contribution < -0.4 is 15.4 Å². The first-order valence-electron chi connectivity index (χ1n) is 6.75. The summed E-state index contributed by atoms with van der Waals surface area (Å²) in [4.78, 5) is 11.6. The number of carbonyl (C=O) groups is 1. The maximum atomic E-state index is 12.0. The summed E-state index contributed by atoms with van der Waals surface area (Å²) in [6.07, 6.45) is -3.80. The van der Waals surface area contributed by atoms with E-state index in [1.165, 1.54) is 24.3 Å². The van der Waals surface area contributed by atoms with Gasteiger partial charge in [0.1, 0.15) is 5.75 Å². The van der Waals surface area contributed by atoms with E-state index >= 15 is 0 Å². The van der Waals surface area contributed by atoms with Crippen molar-refractivity contribution in [3.63, 3.8) is 0 Å². The molecule has 3 N–H and O–H groups in total. The molecule has 1 aromatic carbocycles. The Hall–Kier alpha value is -1.96. The summed E-state index contributed by atoms with van der Waals surface area (Å²) in [6, 6.07) is 5.16. The Bertz CT molecular complexity index is 463. The van der Waals surface area contributed by atoms with E-state index in [2.05, 4.69) is 15.4 Å². The number of ether oxygens (including phenoxy) is 1. The van der Waals surface area contributed by atoms with Gasteiger partial charge in [0.2, 0.25) is 0 Å². The van der Waals surface area contributed by atoms with Crippen LogP contribution in [0.3, 0.4) is 0 Å². The van der Waals surface area contributed by atoms with Gasteiger partial charge in [-0.05, 0) is 36.6 Å². The van der Waals surface area contributed by atoms with Crippen LogP contribution in [0.2, 0.25) is 0 Å². The summed E-state index contributed by atoms with van der Waals surface area (Å²) in [5, 5.41) is 13.9. The Kier molecular flexibility index (Phi) is 6.97. The molecule has 2 amide bonds. The fraction of sp³-hybridized carbons (Fsp3) is 0.500. The van der Waals surface area contributed by atoms with Crippen LogP contribution >= 0.6 is 0 Å². The molecule has 0 saturated carbocycles. The minimum Gasteiger partial charge on any atom is -0.484 e. The van der Waals surface area contributed by atoms with Crippen LogP contribution in [-0.2, 0) is 0 Å². The van der Waals surface area contributed by atoms with Gasteiger partial charge in [-0.1, -0.05) is 6.92 Å². The maximum absolute atomic E-state index is 12.0. The lowest BCUT2D eigenvalue weighted by atomic mass is 10.1. The van der Waals surface area contributed by atoms with E-state index in [1.807, 2.05) is 6.92 Å². The molecule has 22 heavy (non-hydrogen) atoms. The van der Waals surface area contributed by atoms with E-state index in [0.717, 1.165) is 0 Å². The molecule has 1 aromatic rings. The van der Waals surface area contributed by atoms with Crippen molar-refractivity contribution in [3.8, 4) is 5.75 Å². The van der Waals surface area contributed by atoms with Crippen LogP contribution in [-0.4, -0.2) is 37.1 Å². The molecule has 0 fully saturated rings. The van der Waals surface area contributed by atoms with Crippen LogP contribution in [0.4, 0.5) is 23.7 Å². The summed E-state index contributed by atoms with van der Waals surface area (Å²) in [5.74, 6) is 0.216. The number of hydrogen-bond donors (Lipinski definition) is 3. The summed E-state index contributed by atoms with van der Waals surface area (Å²) < 4.78 is 40.5. The molecule has 0 aliphatic heterocycles. The van der Waals surface area contributed by atoms with Crippen molar-refractivity contribution >= 4 is 11.7 Å². The highest BCUT2D eigenvalue weighted by Crippen LogP contribution is 2.20. The summed E-state index contributed by atoms with van der Waals surface area (Å²) in [6.45, 7) is 1.01. The minimum atomic E-state index is -4.39. The molecular formula is C14H19F3N2O3. The second-order valence-corrected chi connectivity index (χ2v) is 4.88. The topological polar surface area (TPSA) is 70.6 Å². The first-order chi connectivity index (χ1) is 10.3. The first-order valence-corrected chi connectivity index (χ1v) is 6.75. The van der Waals surface area contributed by atoms with E-state index in [4.69, 9.17) is 5.11 Å². The predicted molar refractivity (Wildman–Crippen MR) is 75.9 cm³/mol. The molecule has 8 heteroatoms. The number of halogens is 3. The fourth-order valence-electron chi connectivity index (χ4n) is 1.56. The number of anilines is 1. The zero-order chi connectivity index (χ0) is 16.6. The number of rotatable bonds is 7. The molecule has 0 aliphatic carbocycles. The molecule has 124 valence electrons. The van der Waals surface area contributed by atoms with Gasteiger partial charge in [-0.2, -0.15) is 13.2 Å². The fourth-order valence-corrected chi connectivity index (χ4v) is 1.56. The van der Waals surface area contributed by atoms with Gasteiger partial charge in [0.25, 0.3) is 0 Å². The van der Waals surface area contributed by atoms with Gasteiger partial charge in [0.05, 0.1) is 0 Å². The zero-order valence-electron chi connectivity index (χ0n) is 12.1. The molecule has 0 aromatic heterocycles. The molecule has 1 unspecified atom stereocenters. The molecule has 0 radical (unpaired) electrons. The Morgan fingerprint density at radius 2 is 1.95 bits per heavy atom. The smallest absolute Gasteiger partial charge is 0.422 e. The number of carbonyl (C=O) groups excluding carboxylic acids is 1.